The molecule has 3 heterocycles. The molecule has 11 nitrogen and oxygen atoms in total. The van der Waals surface area contributed by atoms with Gasteiger partial charge < -0.3 is 9.30 Å². The molecule has 0 aliphatic heterocycles. The van der Waals surface area contributed by atoms with Crippen molar-refractivity contribution >= 4 is 11.2 Å². The van der Waals surface area contributed by atoms with E-state index in [1.807, 2.05) is 59.2 Å². The van der Waals surface area contributed by atoms with Crippen molar-refractivity contribution in [2.45, 2.75) is 39.5 Å². The maximum absolute atomic E-state index is 14.1. The summed E-state index contributed by atoms with van der Waals surface area (Å²) in [5, 5.41) is 14.8. The van der Waals surface area contributed by atoms with Gasteiger partial charge in [-0.05, 0) is 53.4 Å². The quantitative estimate of drug-likeness (QED) is 0.278. The monoisotopic (exact) mass is 562 g/mol. The molecule has 0 aliphatic carbocycles. The number of nitrogens with one attached hydrogen (secondary N) is 1. The third kappa shape index (κ3) is 4.73. The fourth-order valence-corrected chi connectivity index (χ4v) is 5.28. The molecular formula is C31H30N8O3. The molecule has 6 aromatic rings. The number of ether oxygens (including phenoxy) is 1. The topological polar surface area (TPSA) is 126 Å². The lowest BCUT2D eigenvalue weighted by molar-refractivity contribution is 0.0591. The van der Waals surface area contributed by atoms with Crippen molar-refractivity contribution < 1.29 is 4.74 Å². The highest BCUT2D eigenvalue weighted by atomic mass is 16.5. The van der Waals surface area contributed by atoms with E-state index in [9.17, 15) is 9.59 Å². The van der Waals surface area contributed by atoms with Gasteiger partial charge in [0.15, 0.2) is 11.2 Å². The minimum atomic E-state index is -0.650. The average Bonchev–Trinajstić information content (AvgIpc) is 3.67. The molecule has 0 saturated carbocycles. The lowest BCUT2D eigenvalue weighted by Crippen LogP contribution is -2.41. The molecule has 3 aromatic carbocycles. The molecule has 3 aromatic heterocycles. The Morgan fingerprint density at radius 3 is 2.36 bits per heavy atom. The molecule has 11 heteroatoms. The highest BCUT2D eigenvalue weighted by Gasteiger charge is 2.25. The smallest absolute Gasteiger partial charge is 0.339 e. The van der Waals surface area contributed by atoms with Gasteiger partial charge in [0.2, 0.25) is 5.82 Å². The number of fused-ring (bicyclic) bond motifs is 1. The van der Waals surface area contributed by atoms with Gasteiger partial charge in [0.1, 0.15) is 12.1 Å². The largest absolute Gasteiger partial charge is 0.361 e. The molecule has 0 amide bonds. The van der Waals surface area contributed by atoms with Crippen LogP contribution in [0.5, 0.6) is 0 Å². The zero-order valence-corrected chi connectivity index (χ0v) is 23.6. The number of imidazole rings is 1. The van der Waals surface area contributed by atoms with Crippen LogP contribution in [0.2, 0.25) is 0 Å². The highest BCUT2D eigenvalue weighted by Crippen LogP contribution is 2.31. The number of aryl methyl sites for hydroxylation is 1. The maximum atomic E-state index is 14.1. The fourth-order valence-electron chi connectivity index (χ4n) is 5.28. The van der Waals surface area contributed by atoms with Crippen molar-refractivity contribution in [3.8, 4) is 28.2 Å². The first-order valence-electron chi connectivity index (χ1n) is 13.8. The van der Waals surface area contributed by atoms with Gasteiger partial charge in [0, 0.05) is 25.6 Å². The molecule has 0 fully saturated rings. The molecule has 0 radical (unpaired) electrons. The number of hydrogen-bond donors (Lipinski definition) is 1. The van der Waals surface area contributed by atoms with Crippen LogP contribution in [0.4, 0.5) is 0 Å². The van der Waals surface area contributed by atoms with Gasteiger partial charge >= 0.3 is 5.69 Å². The van der Waals surface area contributed by atoms with Crippen LogP contribution in [0.1, 0.15) is 37.9 Å². The van der Waals surface area contributed by atoms with Crippen LogP contribution in [0, 0.1) is 0 Å². The predicted molar refractivity (Wildman–Crippen MR) is 159 cm³/mol. The van der Waals surface area contributed by atoms with Gasteiger partial charge in [-0.25, -0.2) is 18.9 Å². The Labute approximate surface area is 241 Å². The number of aromatic nitrogens is 8. The van der Waals surface area contributed by atoms with E-state index >= 15 is 0 Å². The number of rotatable bonds is 9. The Bertz CT molecular complexity index is 1960. The summed E-state index contributed by atoms with van der Waals surface area (Å²) in [6.07, 6.45) is 0.777. The van der Waals surface area contributed by atoms with E-state index in [0.717, 1.165) is 28.7 Å². The standard InChI is InChI=1S/C31H30N8O3/c1-4-11-26-32-29-27(30(40)39(23-14-9-6-10-15-23)31(41)38(29)20(2)42-3)37(26)19-21-16-17-24(22-12-7-5-8-13-22)25(18-21)28-33-35-36-34-28/h5-10,12-18,20H,4,11,19H2,1-3H3,(H,33,34,35,36). The summed E-state index contributed by atoms with van der Waals surface area (Å²) in [6.45, 7) is 4.16. The third-order valence-corrected chi connectivity index (χ3v) is 7.35. The molecular weight excluding hydrogens is 532 g/mol. The second kappa shape index (κ2) is 11.4. The summed E-state index contributed by atoms with van der Waals surface area (Å²) >= 11 is 0. The molecule has 0 spiro atoms. The van der Waals surface area contributed by atoms with Gasteiger partial charge in [-0.15, -0.1) is 10.2 Å². The molecule has 1 atom stereocenters. The number of methoxy groups -OCH3 is 1. The van der Waals surface area contributed by atoms with Gasteiger partial charge in [-0.3, -0.25) is 4.79 Å². The van der Waals surface area contributed by atoms with Gasteiger partial charge in [0.25, 0.3) is 5.56 Å². The lowest BCUT2D eigenvalue weighted by atomic mass is 9.97. The van der Waals surface area contributed by atoms with E-state index in [2.05, 4.69) is 27.5 Å². The number of benzene rings is 3. The molecule has 212 valence electrons. The molecule has 6 rings (SSSR count). The van der Waals surface area contributed by atoms with Crippen molar-refractivity contribution in [1.29, 1.82) is 0 Å². The summed E-state index contributed by atoms with van der Waals surface area (Å²) in [5.41, 5.74) is 3.86. The normalized spacial score (nSPS) is 12.2. The second-order valence-corrected chi connectivity index (χ2v) is 9.98. The Balaban J connectivity index is 1.59. The first kappa shape index (κ1) is 27.0. The van der Waals surface area contributed by atoms with Crippen molar-refractivity contribution in [2.75, 3.05) is 7.11 Å². The van der Waals surface area contributed by atoms with Crippen molar-refractivity contribution in [2.24, 2.45) is 0 Å². The predicted octanol–water partition coefficient (Wildman–Crippen LogP) is 4.36. The molecule has 42 heavy (non-hydrogen) atoms. The molecule has 1 N–H and O–H groups in total. The first-order valence-corrected chi connectivity index (χ1v) is 13.8. The zero-order chi connectivity index (χ0) is 29.2. The average molecular weight is 563 g/mol. The Morgan fingerprint density at radius 2 is 1.69 bits per heavy atom. The summed E-state index contributed by atoms with van der Waals surface area (Å²) in [6, 6.07) is 25.0. The Kier molecular flexibility index (Phi) is 7.32. The lowest BCUT2D eigenvalue weighted by Gasteiger charge is -2.17. The van der Waals surface area contributed by atoms with Crippen LogP contribution in [0.15, 0.2) is 88.5 Å². The maximum Gasteiger partial charge on any atom is 0.339 e. The number of para-hydroxylation sites is 1. The van der Waals surface area contributed by atoms with E-state index in [1.54, 1.807) is 31.2 Å². The van der Waals surface area contributed by atoms with Crippen LogP contribution in [-0.2, 0) is 17.7 Å². The molecule has 0 aliphatic rings. The van der Waals surface area contributed by atoms with Gasteiger partial charge in [-0.2, -0.15) is 5.21 Å². The number of nitrogens with zero attached hydrogens (tertiary/aromatic N) is 7. The SMILES string of the molecule is CCCc1nc2c(c(=O)n(-c3ccccc3)c(=O)n2C(C)OC)n1Cc1ccc(-c2ccccc2)c(-c2nn[nH]n2)c1. The highest BCUT2D eigenvalue weighted by molar-refractivity contribution is 5.81. The molecule has 0 bridgehead atoms. The second-order valence-electron chi connectivity index (χ2n) is 9.98. The van der Waals surface area contributed by atoms with Crippen molar-refractivity contribution in [1.82, 2.24) is 39.3 Å². The van der Waals surface area contributed by atoms with E-state index in [4.69, 9.17) is 9.72 Å². The first-order chi connectivity index (χ1) is 20.5. The zero-order valence-electron chi connectivity index (χ0n) is 23.6. The summed E-state index contributed by atoms with van der Waals surface area (Å²) in [5.74, 6) is 1.18. The molecule has 1 unspecified atom stereocenters. The molecule has 0 saturated heterocycles. The van der Waals surface area contributed by atoms with Crippen molar-refractivity contribution in [3.05, 3.63) is 111 Å². The summed E-state index contributed by atoms with van der Waals surface area (Å²) < 4.78 is 10.1. The summed E-state index contributed by atoms with van der Waals surface area (Å²) in [4.78, 5) is 32.8. The fraction of sp³-hybridized carbons (Fsp3) is 0.226. The number of tetrazole rings is 1. The Hall–Kier alpha value is -5.16. The van der Waals surface area contributed by atoms with E-state index < -0.39 is 17.5 Å². The van der Waals surface area contributed by atoms with Crippen LogP contribution < -0.4 is 11.2 Å². The minimum absolute atomic E-state index is 0.300. The van der Waals surface area contributed by atoms with Crippen LogP contribution in [-0.4, -0.2) is 46.4 Å². The van der Waals surface area contributed by atoms with E-state index in [-0.39, 0.29) is 0 Å². The summed E-state index contributed by atoms with van der Waals surface area (Å²) in [7, 11) is 1.53. The van der Waals surface area contributed by atoms with E-state index in [0.29, 0.717) is 41.5 Å². The minimum Gasteiger partial charge on any atom is -0.361 e. The van der Waals surface area contributed by atoms with Crippen LogP contribution in [0.3, 0.4) is 0 Å². The van der Waals surface area contributed by atoms with Crippen molar-refractivity contribution in [3.63, 3.8) is 0 Å². The van der Waals surface area contributed by atoms with Gasteiger partial charge in [0.05, 0.1) is 5.69 Å². The Morgan fingerprint density at radius 1 is 0.952 bits per heavy atom. The van der Waals surface area contributed by atoms with E-state index in [1.165, 1.54) is 16.2 Å². The third-order valence-electron chi connectivity index (χ3n) is 7.35. The van der Waals surface area contributed by atoms with Crippen LogP contribution in [0.25, 0.3) is 39.4 Å². The number of hydrogen-bond acceptors (Lipinski definition) is 7. The van der Waals surface area contributed by atoms with Crippen LogP contribution >= 0.6 is 0 Å². The number of H-pyrrole nitrogens is 1. The number of aromatic amines is 1. The van der Waals surface area contributed by atoms with Gasteiger partial charge in [-0.1, -0.05) is 67.6 Å².